The topological polar surface area (TPSA) is 80.6 Å². The quantitative estimate of drug-likeness (QED) is 0.654. The number of nitrogens with one attached hydrogen (secondary N) is 1. The summed E-state index contributed by atoms with van der Waals surface area (Å²) in [6.45, 7) is 1.88. The summed E-state index contributed by atoms with van der Waals surface area (Å²) < 4.78 is 6.87. The van der Waals surface area contributed by atoms with Crippen molar-refractivity contribution in [3.8, 4) is 17.0 Å². The van der Waals surface area contributed by atoms with Crippen molar-refractivity contribution in [2.45, 2.75) is 19.8 Å². The number of carbonyl (C=O) groups is 2. The maximum atomic E-state index is 12.8. The maximum Gasteiger partial charge on any atom is 0.303 e. The summed E-state index contributed by atoms with van der Waals surface area (Å²) in [5, 5.41) is 9.03. The average molecular weight is 378 g/mol. The molecule has 3 aromatic rings. The highest BCUT2D eigenvalue weighted by Gasteiger charge is 2.16. The molecule has 1 aromatic heterocycles. The molecule has 0 aliphatic carbocycles. The smallest absolute Gasteiger partial charge is 0.303 e. The van der Waals surface area contributed by atoms with Crippen LogP contribution in [0.5, 0.6) is 5.75 Å². The van der Waals surface area contributed by atoms with Gasteiger partial charge in [-0.25, -0.2) is 0 Å². The number of hydrogen-bond acceptors (Lipinski definition) is 3. The van der Waals surface area contributed by atoms with Gasteiger partial charge in [-0.3, -0.25) is 19.7 Å². The molecule has 1 heterocycles. The standard InChI is InChI=1S/C22H22N2O4/c1-15-5-3-4-6-19(15)22(27)23-24-17(10-14-21(25)26)9-13-20(24)16-7-11-18(28-2)12-8-16/h3-9,11-13H,10,14H2,1-2H3,(H,23,27)(H,25,26). The number of carboxylic acid groups (broad SMARTS) is 1. The molecule has 3 rings (SSSR count). The van der Waals surface area contributed by atoms with Crippen LogP contribution in [0.25, 0.3) is 11.3 Å². The third kappa shape index (κ3) is 4.23. The third-order valence-corrected chi connectivity index (χ3v) is 4.55. The zero-order valence-electron chi connectivity index (χ0n) is 15.8. The molecule has 0 unspecified atom stereocenters. The lowest BCUT2D eigenvalue weighted by molar-refractivity contribution is -0.136. The van der Waals surface area contributed by atoms with E-state index in [1.807, 2.05) is 61.5 Å². The fourth-order valence-electron chi connectivity index (χ4n) is 3.02. The second kappa shape index (κ2) is 8.43. The van der Waals surface area contributed by atoms with Gasteiger partial charge in [0.1, 0.15) is 5.75 Å². The Hall–Kier alpha value is -3.54. The van der Waals surface area contributed by atoms with Crippen LogP contribution in [0.2, 0.25) is 0 Å². The van der Waals surface area contributed by atoms with Gasteiger partial charge in [-0.2, -0.15) is 0 Å². The highest BCUT2D eigenvalue weighted by atomic mass is 16.5. The lowest BCUT2D eigenvalue weighted by atomic mass is 10.1. The van der Waals surface area contributed by atoms with Gasteiger partial charge >= 0.3 is 5.97 Å². The monoisotopic (exact) mass is 378 g/mol. The lowest BCUT2D eigenvalue weighted by Gasteiger charge is -2.16. The zero-order chi connectivity index (χ0) is 20.1. The van der Waals surface area contributed by atoms with Gasteiger partial charge in [-0.15, -0.1) is 0 Å². The minimum atomic E-state index is -0.885. The van der Waals surface area contributed by atoms with Crippen molar-refractivity contribution in [1.82, 2.24) is 4.68 Å². The number of ether oxygens (including phenoxy) is 1. The van der Waals surface area contributed by atoms with Crippen LogP contribution in [0.4, 0.5) is 0 Å². The number of amides is 1. The van der Waals surface area contributed by atoms with E-state index < -0.39 is 5.97 Å². The van der Waals surface area contributed by atoms with E-state index in [1.165, 1.54) is 0 Å². The molecule has 0 aliphatic heterocycles. The summed E-state index contributed by atoms with van der Waals surface area (Å²) in [4.78, 5) is 23.8. The Morgan fingerprint density at radius 3 is 2.39 bits per heavy atom. The minimum absolute atomic E-state index is 0.0215. The van der Waals surface area contributed by atoms with Crippen molar-refractivity contribution >= 4 is 11.9 Å². The number of carbonyl (C=O) groups excluding carboxylic acids is 1. The number of aryl methyl sites for hydroxylation is 2. The van der Waals surface area contributed by atoms with E-state index in [0.29, 0.717) is 12.0 Å². The molecule has 28 heavy (non-hydrogen) atoms. The van der Waals surface area contributed by atoms with Crippen molar-refractivity contribution < 1.29 is 19.4 Å². The van der Waals surface area contributed by atoms with E-state index in [-0.39, 0.29) is 12.3 Å². The second-order valence-corrected chi connectivity index (χ2v) is 6.42. The molecule has 2 aromatic carbocycles. The van der Waals surface area contributed by atoms with Crippen molar-refractivity contribution in [2.75, 3.05) is 12.5 Å². The molecule has 0 fully saturated rings. The zero-order valence-corrected chi connectivity index (χ0v) is 15.8. The molecular formula is C22H22N2O4. The SMILES string of the molecule is COc1ccc(-c2ccc(CCC(=O)O)n2NC(=O)c2ccccc2C)cc1. The van der Waals surface area contributed by atoms with Crippen LogP contribution >= 0.6 is 0 Å². The normalized spacial score (nSPS) is 10.5. The van der Waals surface area contributed by atoms with E-state index >= 15 is 0 Å². The fourth-order valence-corrected chi connectivity index (χ4v) is 3.02. The van der Waals surface area contributed by atoms with Crippen LogP contribution in [0.3, 0.4) is 0 Å². The number of hydrogen-bond donors (Lipinski definition) is 2. The van der Waals surface area contributed by atoms with Gasteiger partial charge in [0.05, 0.1) is 19.2 Å². The van der Waals surface area contributed by atoms with Gasteiger partial charge in [-0.1, -0.05) is 18.2 Å². The summed E-state index contributed by atoms with van der Waals surface area (Å²) in [6, 6.07) is 18.5. The van der Waals surface area contributed by atoms with E-state index in [2.05, 4.69) is 5.43 Å². The summed E-state index contributed by atoms with van der Waals surface area (Å²) >= 11 is 0. The third-order valence-electron chi connectivity index (χ3n) is 4.55. The Kier molecular flexibility index (Phi) is 5.79. The molecule has 144 valence electrons. The number of carboxylic acids is 1. The van der Waals surface area contributed by atoms with Gasteiger partial charge in [0.25, 0.3) is 5.91 Å². The molecule has 0 atom stereocenters. The first-order valence-electron chi connectivity index (χ1n) is 8.93. The molecule has 0 spiro atoms. The van der Waals surface area contributed by atoms with E-state index in [4.69, 9.17) is 9.84 Å². The summed E-state index contributed by atoms with van der Waals surface area (Å²) in [5.41, 5.74) is 6.73. The maximum absolute atomic E-state index is 12.8. The summed E-state index contributed by atoms with van der Waals surface area (Å²) in [6.07, 6.45) is 0.284. The van der Waals surface area contributed by atoms with Gasteiger partial charge in [0.2, 0.25) is 0 Å². The molecule has 0 saturated heterocycles. The Bertz CT molecular complexity index is 990. The number of methoxy groups -OCH3 is 1. The van der Waals surface area contributed by atoms with Gasteiger partial charge < -0.3 is 9.84 Å². The predicted molar refractivity (Wildman–Crippen MR) is 107 cm³/mol. The van der Waals surface area contributed by atoms with Crippen LogP contribution in [0.15, 0.2) is 60.7 Å². The largest absolute Gasteiger partial charge is 0.497 e. The Morgan fingerprint density at radius 2 is 1.75 bits per heavy atom. The van der Waals surface area contributed by atoms with Gasteiger partial charge in [-0.05, 0) is 55.0 Å². The first-order valence-corrected chi connectivity index (χ1v) is 8.93. The number of aliphatic carboxylic acids is 1. The molecule has 2 N–H and O–H groups in total. The number of aromatic nitrogens is 1. The molecule has 0 bridgehead atoms. The van der Waals surface area contributed by atoms with Gasteiger partial charge in [0.15, 0.2) is 0 Å². The van der Waals surface area contributed by atoms with E-state index in [9.17, 15) is 9.59 Å². The lowest BCUT2D eigenvalue weighted by Crippen LogP contribution is -2.26. The number of rotatable bonds is 7. The molecular weight excluding hydrogens is 356 g/mol. The Labute approximate surface area is 163 Å². The molecule has 0 radical (unpaired) electrons. The predicted octanol–water partition coefficient (Wildman–Crippen LogP) is 3.87. The van der Waals surface area contributed by atoms with Crippen molar-refractivity contribution in [2.24, 2.45) is 0 Å². The van der Waals surface area contributed by atoms with Crippen LogP contribution in [-0.2, 0) is 11.2 Å². The second-order valence-electron chi connectivity index (χ2n) is 6.42. The van der Waals surface area contributed by atoms with Crippen LogP contribution < -0.4 is 10.2 Å². The van der Waals surface area contributed by atoms with Crippen LogP contribution in [0, 0.1) is 6.92 Å². The highest BCUT2D eigenvalue weighted by molar-refractivity contribution is 6.01. The molecule has 1 amide bonds. The van der Waals surface area contributed by atoms with Gasteiger partial charge in [0, 0.05) is 23.2 Å². The number of nitrogens with zero attached hydrogens (tertiary/aromatic N) is 1. The van der Waals surface area contributed by atoms with Crippen molar-refractivity contribution in [3.63, 3.8) is 0 Å². The summed E-state index contributed by atoms with van der Waals surface area (Å²) in [7, 11) is 1.60. The summed E-state index contributed by atoms with van der Waals surface area (Å²) in [5.74, 6) is -0.401. The molecule has 6 heteroatoms. The molecule has 0 saturated carbocycles. The average Bonchev–Trinajstić information content (AvgIpc) is 3.09. The van der Waals surface area contributed by atoms with Crippen molar-refractivity contribution in [3.05, 3.63) is 77.5 Å². The Balaban J connectivity index is 1.97. The van der Waals surface area contributed by atoms with Crippen LogP contribution in [-0.4, -0.2) is 28.8 Å². The fraction of sp³-hybridized carbons (Fsp3) is 0.182. The first kappa shape index (κ1) is 19.2. The number of benzene rings is 2. The van der Waals surface area contributed by atoms with E-state index in [0.717, 1.165) is 28.3 Å². The first-order chi connectivity index (χ1) is 13.5. The van der Waals surface area contributed by atoms with E-state index in [1.54, 1.807) is 17.9 Å². The highest BCUT2D eigenvalue weighted by Crippen LogP contribution is 2.25. The van der Waals surface area contributed by atoms with Crippen LogP contribution in [0.1, 0.15) is 28.0 Å². The van der Waals surface area contributed by atoms with Crippen molar-refractivity contribution in [1.29, 1.82) is 0 Å². The Morgan fingerprint density at radius 1 is 1.04 bits per heavy atom. The molecule has 0 aliphatic rings. The minimum Gasteiger partial charge on any atom is -0.497 e. The molecule has 6 nitrogen and oxygen atoms in total.